The van der Waals surface area contributed by atoms with Crippen LogP contribution in [0.25, 0.3) is 16.9 Å². The molecule has 3 aromatic carbocycles. The molecular weight excluding hydrogens is 536 g/mol. The summed E-state index contributed by atoms with van der Waals surface area (Å²) in [6, 6.07) is 25.1. The smallest absolute Gasteiger partial charge is 0.254 e. The summed E-state index contributed by atoms with van der Waals surface area (Å²) >= 11 is 0. The Balaban J connectivity index is 1.47. The molecule has 0 atom stereocenters. The predicted molar refractivity (Wildman–Crippen MR) is 157 cm³/mol. The topological polar surface area (TPSA) is 108 Å². The normalized spacial score (nSPS) is 10.6. The fraction of sp³-hybridized carbons (Fsp3) is 0.156. The third-order valence-electron chi connectivity index (χ3n) is 6.56. The molecular formula is C32H30N4O6. The van der Waals surface area contributed by atoms with Gasteiger partial charge in [-0.2, -0.15) is 0 Å². The lowest BCUT2D eigenvalue weighted by atomic mass is 10.1. The molecule has 10 heteroatoms. The molecule has 0 fully saturated rings. The van der Waals surface area contributed by atoms with E-state index in [4.69, 9.17) is 23.6 Å². The van der Waals surface area contributed by atoms with E-state index in [1.807, 2.05) is 42.6 Å². The molecule has 0 aliphatic rings. The Labute approximate surface area is 243 Å². The van der Waals surface area contributed by atoms with Crippen molar-refractivity contribution >= 4 is 17.8 Å². The van der Waals surface area contributed by atoms with E-state index >= 15 is 0 Å². The van der Waals surface area contributed by atoms with E-state index in [0.29, 0.717) is 40.0 Å². The number of methoxy groups -OCH3 is 3. The number of hydrogen-bond acceptors (Lipinski definition) is 7. The van der Waals surface area contributed by atoms with E-state index in [1.165, 1.54) is 11.2 Å². The second-order valence-electron chi connectivity index (χ2n) is 9.24. The molecule has 10 nitrogen and oxygen atoms in total. The average molecular weight is 567 g/mol. The molecule has 0 spiro atoms. The molecule has 0 saturated carbocycles. The minimum Gasteiger partial charge on any atom is -0.497 e. The molecule has 0 aliphatic carbocycles. The Hall–Kier alpha value is -5.51. The number of aromatic nitrogens is 2. The zero-order valence-corrected chi connectivity index (χ0v) is 23.4. The van der Waals surface area contributed by atoms with Gasteiger partial charge in [-0.25, -0.2) is 4.98 Å². The van der Waals surface area contributed by atoms with Crippen LogP contribution >= 0.6 is 0 Å². The van der Waals surface area contributed by atoms with Gasteiger partial charge in [0.2, 0.25) is 11.9 Å². The maximum Gasteiger partial charge on any atom is 0.254 e. The van der Waals surface area contributed by atoms with Crippen molar-refractivity contribution < 1.29 is 28.2 Å². The monoisotopic (exact) mass is 566 g/mol. The number of nitrogens with zero attached hydrogens (tertiary/aromatic N) is 3. The minimum absolute atomic E-state index is 0.120. The van der Waals surface area contributed by atoms with Crippen LogP contribution in [0.5, 0.6) is 17.2 Å². The molecule has 214 valence electrons. The summed E-state index contributed by atoms with van der Waals surface area (Å²) in [6.45, 7) is -0.111. The Kier molecular flexibility index (Phi) is 8.53. The highest BCUT2D eigenvalue weighted by Gasteiger charge is 2.22. The van der Waals surface area contributed by atoms with Gasteiger partial charge in [0.15, 0.2) is 11.5 Å². The number of ether oxygens (including phenoxy) is 3. The molecule has 1 N–H and O–H groups in total. The number of nitrogens with one attached hydrogen (secondary N) is 1. The second kappa shape index (κ2) is 12.8. The van der Waals surface area contributed by atoms with Gasteiger partial charge in [-0.05, 0) is 60.7 Å². The molecule has 2 amide bonds. The number of furan rings is 1. The average Bonchev–Trinajstić information content (AvgIpc) is 3.70. The van der Waals surface area contributed by atoms with Crippen LogP contribution in [0.1, 0.15) is 16.1 Å². The number of hydrogen-bond donors (Lipinski definition) is 1. The first-order valence-electron chi connectivity index (χ1n) is 13.1. The van der Waals surface area contributed by atoms with Crippen molar-refractivity contribution in [1.29, 1.82) is 0 Å². The summed E-state index contributed by atoms with van der Waals surface area (Å²) in [5.74, 6) is 1.89. The third-order valence-corrected chi connectivity index (χ3v) is 6.56. The number of imidazole rings is 1. The Morgan fingerprint density at radius 2 is 1.64 bits per heavy atom. The summed E-state index contributed by atoms with van der Waals surface area (Å²) in [6.07, 6.45) is 3.34. The number of benzene rings is 3. The molecule has 0 aliphatic heterocycles. The van der Waals surface area contributed by atoms with Crippen LogP contribution in [0.3, 0.4) is 0 Å². The highest BCUT2D eigenvalue weighted by Crippen LogP contribution is 2.32. The molecule has 2 aromatic heterocycles. The van der Waals surface area contributed by atoms with E-state index in [1.54, 1.807) is 74.4 Å². The van der Waals surface area contributed by atoms with Crippen LogP contribution in [0.15, 0.2) is 102 Å². The van der Waals surface area contributed by atoms with Gasteiger partial charge in [-0.1, -0.05) is 18.2 Å². The summed E-state index contributed by atoms with van der Waals surface area (Å²) in [7, 11) is 4.72. The first-order valence-corrected chi connectivity index (χ1v) is 13.1. The first-order chi connectivity index (χ1) is 20.5. The molecule has 5 rings (SSSR count). The van der Waals surface area contributed by atoms with E-state index in [9.17, 15) is 9.59 Å². The quantitative estimate of drug-likeness (QED) is 0.227. The van der Waals surface area contributed by atoms with Gasteiger partial charge in [0, 0.05) is 23.4 Å². The summed E-state index contributed by atoms with van der Waals surface area (Å²) in [4.78, 5) is 33.0. The number of anilines is 1. The molecule has 0 unspecified atom stereocenters. The lowest BCUT2D eigenvalue weighted by Crippen LogP contribution is -2.37. The van der Waals surface area contributed by atoms with Crippen LogP contribution < -0.4 is 19.5 Å². The van der Waals surface area contributed by atoms with Gasteiger partial charge >= 0.3 is 0 Å². The van der Waals surface area contributed by atoms with Crippen LogP contribution in [0.4, 0.5) is 5.95 Å². The Bertz CT molecular complexity index is 1650. The van der Waals surface area contributed by atoms with Crippen molar-refractivity contribution in [2.45, 2.75) is 6.54 Å². The predicted octanol–water partition coefficient (Wildman–Crippen LogP) is 5.44. The molecule has 42 heavy (non-hydrogen) atoms. The van der Waals surface area contributed by atoms with Gasteiger partial charge < -0.3 is 23.5 Å². The maximum absolute atomic E-state index is 13.5. The van der Waals surface area contributed by atoms with Crippen molar-refractivity contribution in [3.8, 4) is 34.2 Å². The lowest BCUT2D eigenvalue weighted by Gasteiger charge is -2.21. The molecule has 0 saturated heterocycles. The second-order valence-corrected chi connectivity index (χ2v) is 9.24. The summed E-state index contributed by atoms with van der Waals surface area (Å²) in [5.41, 5.74) is 2.59. The third kappa shape index (κ3) is 6.28. The largest absolute Gasteiger partial charge is 0.497 e. The van der Waals surface area contributed by atoms with E-state index in [-0.39, 0.29) is 24.9 Å². The van der Waals surface area contributed by atoms with E-state index < -0.39 is 5.91 Å². The number of carbonyl (C=O) groups is 2. The fourth-order valence-corrected chi connectivity index (χ4v) is 4.43. The highest BCUT2D eigenvalue weighted by atomic mass is 16.5. The van der Waals surface area contributed by atoms with Crippen LogP contribution in [0, 0.1) is 0 Å². The van der Waals surface area contributed by atoms with E-state index in [0.717, 1.165) is 5.56 Å². The van der Waals surface area contributed by atoms with Crippen molar-refractivity contribution in [2.75, 3.05) is 33.2 Å². The van der Waals surface area contributed by atoms with Gasteiger partial charge in [0.25, 0.3) is 5.91 Å². The molecule has 2 heterocycles. The van der Waals surface area contributed by atoms with Crippen molar-refractivity contribution in [3.63, 3.8) is 0 Å². The van der Waals surface area contributed by atoms with Gasteiger partial charge in [-0.3, -0.25) is 19.5 Å². The summed E-state index contributed by atoms with van der Waals surface area (Å²) < 4.78 is 23.4. The fourth-order valence-electron chi connectivity index (χ4n) is 4.43. The molecule has 0 radical (unpaired) electrons. The number of rotatable bonds is 11. The SMILES string of the molecule is COc1ccc(-c2cn(-c3ccc(OC)c(OC)c3)c(NC(=O)CN(Cc3ccco3)C(=O)c3ccccc3)n2)cc1. The number of carbonyl (C=O) groups excluding carboxylic acids is 2. The van der Waals surface area contributed by atoms with Gasteiger partial charge in [-0.15, -0.1) is 0 Å². The molecule has 0 bridgehead atoms. The van der Waals surface area contributed by atoms with Crippen molar-refractivity contribution in [3.05, 3.63) is 109 Å². The Morgan fingerprint density at radius 3 is 2.31 bits per heavy atom. The highest BCUT2D eigenvalue weighted by molar-refractivity contribution is 5.99. The lowest BCUT2D eigenvalue weighted by molar-refractivity contribution is -0.117. The molecule has 5 aromatic rings. The zero-order chi connectivity index (χ0) is 29.5. The van der Waals surface area contributed by atoms with Crippen LogP contribution in [-0.2, 0) is 11.3 Å². The van der Waals surface area contributed by atoms with Crippen LogP contribution in [-0.4, -0.2) is 54.1 Å². The van der Waals surface area contributed by atoms with Gasteiger partial charge in [0.1, 0.15) is 18.1 Å². The standard InChI is InChI=1S/C32H30N4O6/c1-39-25-14-11-22(12-15-25)27-20-36(24-13-16-28(40-2)29(18-24)41-3)32(33-27)34-30(37)21-35(19-26-10-7-17-42-26)31(38)23-8-5-4-6-9-23/h4-18,20H,19,21H2,1-3H3,(H,33,34,37). The summed E-state index contributed by atoms with van der Waals surface area (Å²) in [5, 5.41) is 2.90. The van der Waals surface area contributed by atoms with Crippen molar-refractivity contribution in [2.24, 2.45) is 0 Å². The van der Waals surface area contributed by atoms with Crippen molar-refractivity contribution in [1.82, 2.24) is 14.5 Å². The van der Waals surface area contributed by atoms with Gasteiger partial charge in [0.05, 0.1) is 45.5 Å². The zero-order valence-electron chi connectivity index (χ0n) is 23.4. The number of amides is 2. The Morgan fingerprint density at radius 1 is 0.881 bits per heavy atom. The minimum atomic E-state index is -0.431. The first kappa shape index (κ1) is 28.0. The van der Waals surface area contributed by atoms with Crippen LogP contribution in [0.2, 0.25) is 0 Å². The maximum atomic E-state index is 13.5. The van der Waals surface area contributed by atoms with E-state index in [2.05, 4.69) is 5.32 Å².